The molecule has 1 aromatic heterocycles. The molecule has 1 heterocycles. The molecule has 0 saturated heterocycles. The molecule has 1 aromatic carbocycles. The van der Waals surface area contributed by atoms with Crippen LogP contribution in [0.25, 0.3) is 11.1 Å². The molecule has 0 bridgehead atoms. The second kappa shape index (κ2) is 4.36. The minimum absolute atomic E-state index is 0.0326. The largest absolute Gasteiger partial charge is 0.333 e. The summed E-state index contributed by atoms with van der Waals surface area (Å²) in [5.41, 5.74) is 1.54. The molecule has 0 aliphatic carbocycles. The summed E-state index contributed by atoms with van der Waals surface area (Å²) in [4.78, 5) is 11.2. The van der Waals surface area contributed by atoms with Crippen LogP contribution in [0.1, 0.15) is 10.4 Å². The van der Waals surface area contributed by atoms with Gasteiger partial charge in [0.1, 0.15) is 6.07 Å². The molecular weight excluding hydrogens is 236 g/mol. The van der Waals surface area contributed by atoms with Crippen LogP contribution in [0.4, 0.5) is 5.00 Å². The zero-order chi connectivity index (χ0) is 12.4. The van der Waals surface area contributed by atoms with Crippen LogP contribution < -0.4 is 0 Å². The van der Waals surface area contributed by atoms with Crippen LogP contribution in [0, 0.1) is 28.4 Å². The molecule has 0 aliphatic rings. The van der Waals surface area contributed by atoms with Gasteiger partial charge in [-0.3, -0.25) is 10.1 Å². The van der Waals surface area contributed by atoms with Crippen LogP contribution in [-0.4, -0.2) is 4.92 Å². The molecule has 0 atom stereocenters. The van der Waals surface area contributed by atoms with E-state index in [1.165, 1.54) is 0 Å². The average molecular weight is 244 g/mol. The molecule has 0 N–H and O–H groups in total. The fourth-order valence-electron chi connectivity index (χ4n) is 1.67. The molecule has 0 aliphatic heterocycles. The SMILES string of the molecule is Cc1sc([N+](=O)[O-])c(-c2ccccc2)c1C#N. The summed E-state index contributed by atoms with van der Waals surface area (Å²) in [7, 11) is 0. The molecule has 2 rings (SSSR count). The average Bonchev–Trinajstić information content (AvgIpc) is 2.67. The van der Waals surface area contributed by atoms with E-state index in [4.69, 9.17) is 5.26 Å². The Kier molecular flexibility index (Phi) is 2.90. The van der Waals surface area contributed by atoms with Gasteiger partial charge in [-0.15, -0.1) is 0 Å². The minimum atomic E-state index is -0.430. The monoisotopic (exact) mass is 244 g/mol. The van der Waals surface area contributed by atoms with E-state index in [-0.39, 0.29) is 5.00 Å². The third-order valence-corrected chi connectivity index (χ3v) is 3.46. The van der Waals surface area contributed by atoms with Gasteiger partial charge in [-0.25, -0.2) is 0 Å². The zero-order valence-corrected chi connectivity index (χ0v) is 9.82. The fraction of sp³-hybridized carbons (Fsp3) is 0.0833. The fourth-order valence-corrected chi connectivity index (χ4v) is 2.60. The second-order valence-electron chi connectivity index (χ2n) is 3.45. The Balaban J connectivity index is 2.76. The number of rotatable bonds is 2. The van der Waals surface area contributed by atoms with Gasteiger partial charge < -0.3 is 0 Å². The van der Waals surface area contributed by atoms with Crippen molar-refractivity contribution in [1.29, 1.82) is 5.26 Å². The van der Waals surface area contributed by atoms with Crippen LogP contribution in [0.2, 0.25) is 0 Å². The smallest absolute Gasteiger partial charge is 0.258 e. The molecule has 0 amide bonds. The third-order valence-electron chi connectivity index (χ3n) is 2.41. The summed E-state index contributed by atoms with van der Waals surface area (Å²) in [6.07, 6.45) is 0. The van der Waals surface area contributed by atoms with Crippen molar-refractivity contribution >= 4 is 16.3 Å². The number of hydrogen-bond donors (Lipinski definition) is 0. The summed E-state index contributed by atoms with van der Waals surface area (Å²) >= 11 is 1.05. The van der Waals surface area contributed by atoms with Gasteiger partial charge in [0.25, 0.3) is 0 Å². The van der Waals surface area contributed by atoms with Gasteiger partial charge in [0, 0.05) is 4.88 Å². The summed E-state index contributed by atoms with van der Waals surface area (Å²) in [5.74, 6) is 0. The van der Waals surface area contributed by atoms with Crippen molar-refractivity contribution in [1.82, 2.24) is 0 Å². The van der Waals surface area contributed by atoms with Crippen molar-refractivity contribution < 1.29 is 4.92 Å². The number of thiophene rings is 1. The van der Waals surface area contributed by atoms with Crippen molar-refractivity contribution in [2.45, 2.75) is 6.92 Å². The lowest BCUT2D eigenvalue weighted by atomic mass is 10.0. The van der Waals surface area contributed by atoms with Crippen LogP contribution in [0.3, 0.4) is 0 Å². The van der Waals surface area contributed by atoms with Gasteiger partial charge in [0.05, 0.1) is 16.1 Å². The first-order chi connectivity index (χ1) is 8.15. The molecule has 17 heavy (non-hydrogen) atoms. The lowest BCUT2D eigenvalue weighted by molar-refractivity contribution is -0.379. The Labute approximate surface area is 102 Å². The lowest BCUT2D eigenvalue weighted by Gasteiger charge is -1.98. The Bertz CT molecular complexity index is 611. The lowest BCUT2D eigenvalue weighted by Crippen LogP contribution is -1.88. The first-order valence-electron chi connectivity index (χ1n) is 4.88. The van der Waals surface area contributed by atoms with Crippen molar-refractivity contribution in [2.24, 2.45) is 0 Å². The highest BCUT2D eigenvalue weighted by Crippen LogP contribution is 2.41. The van der Waals surface area contributed by atoms with Crippen LogP contribution in [0.15, 0.2) is 30.3 Å². The second-order valence-corrected chi connectivity index (χ2v) is 4.65. The maximum Gasteiger partial charge on any atom is 0.333 e. The van der Waals surface area contributed by atoms with E-state index in [0.29, 0.717) is 21.6 Å². The maximum absolute atomic E-state index is 11.0. The van der Waals surface area contributed by atoms with Crippen molar-refractivity contribution in [3.05, 3.63) is 50.9 Å². The Morgan fingerprint density at radius 3 is 2.53 bits per heavy atom. The van der Waals surface area contributed by atoms with Gasteiger partial charge in [0.15, 0.2) is 0 Å². The Morgan fingerprint density at radius 1 is 1.35 bits per heavy atom. The van der Waals surface area contributed by atoms with Gasteiger partial charge in [-0.1, -0.05) is 41.7 Å². The topological polar surface area (TPSA) is 66.9 Å². The van der Waals surface area contributed by atoms with E-state index >= 15 is 0 Å². The molecular formula is C12H8N2O2S. The number of nitro groups is 1. The van der Waals surface area contributed by atoms with Crippen molar-refractivity contribution in [3.8, 4) is 17.2 Å². The normalized spacial score (nSPS) is 9.88. The Hall–Kier alpha value is -2.19. The number of aryl methyl sites for hydroxylation is 1. The number of hydrogen-bond acceptors (Lipinski definition) is 4. The van der Waals surface area contributed by atoms with Gasteiger partial charge >= 0.3 is 5.00 Å². The summed E-state index contributed by atoms with van der Waals surface area (Å²) in [6.45, 7) is 1.72. The van der Waals surface area contributed by atoms with E-state index in [2.05, 4.69) is 0 Å². The van der Waals surface area contributed by atoms with Crippen LogP contribution in [0.5, 0.6) is 0 Å². The number of nitrogens with zero attached hydrogens (tertiary/aromatic N) is 2. The molecule has 0 saturated carbocycles. The highest BCUT2D eigenvalue weighted by atomic mass is 32.1. The van der Waals surface area contributed by atoms with E-state index in [0.717, 1.165) is 11.3 Å². The van der Waals surface area contributed by atoms with E-state index < -0.39 is 4.92 Å². The first-order valence-corrected chi connectivity index (χ1v) is 5.70. The van der Waals surface area contributed by atoms with Gasteiger partial charge in [-0.2, -0.15) is 5.26 Å². The predicted molar refractivity (Wildman–Crippen MR) is 65.9 cm³/mol. The molecule has 2 aromatic rings. The Morgan fingerprint density at radius 2 is 2.00 bits per heavy atom. The highest BCUT2D eigenvalue weighted by Gasteiger charge is 2.25. The van der Waals surface area contributed by atoms with E-state index in [1.54, 1.807) is 31.2 Å². The number of benzene rings is 1. The number of nitriles is 1. The van der Waals surface area contributed by atoms with Gasteiger partial charge in [0.2, 0.25) is 0 Å². The molecule has 5 heteroatoms. The predicted octanol–water partition coefficient (Wildman–Crippen LogP) is 3.50. The molecule has 0 spiro atoms. The quantitative estimate of drug-likeness (QED) is 0.599. The maximum atomic E-state index is 11.0. The van der Waals surface area contributed by atoms with Crippen molar-refractivity contribution in [2.75, 3.05) is 0 Å². The van der Waals surface area contributed by atoms with E-state index in [1.807, 2.05) is 12.1 Å². The van der Waals surface area contributed by atoms with Crippen LogP contribution >= 0.6 is 11.3 Å². The van der Waals surface area contributed by atoms with Gasteiger partial charge in [-0.05, 0) is 12.5 Å². The molecule has 0 fully saturated rings. The third kappa shape index (κ3) is 1.90. The van der Waals surface area contributed by atoms with Crippen molar-refractivity contribution in [3.63, 3.8) is 0 Å². The zero-order valence-electron chi connectivity index (χ0n) is 9.01. The standard InChI is InChI=1S/C12H8N2O2S/c1-8-10(7-13)11(12(17-8)14(15)16)9-5-3-2-4-6-9/h2-6H,1H3. The van der Waals surface area contributed by atoms with Crippen LogP contribution in [-0.2, 0) is 0 Å². The molecule has 0 radical (unpaired) electrons. The minimum Gasteiger partial charge on any atom is -0.258 e. The summed E-state index contributed by atoms with van der Waals surface area (Å²) in [5, 5.41) is 20.1. The summed E-state index contributed by atoms with van der Waals surface area (Å²) < 4.78 is 0. The highest BCUT2D eigenvalue weighted by molar-refractivity contribution is 7.16. The molecule has 4 nitrogen and oxygen atoms in total. The molecule has 0 unspecified atom stereocenters. The molecule has 84 valence electrons. The first kappa shape index (κ1) is 11.3. The summed E-state index contributed by atoms with van der Waals surface area (Å²) in [6, 6.07) is 11.0. The van der Waals surface area contributed by atoms with E-state index in [9.17, 15) is 10.1 Å².